The van der Waals surface area contributed by atoms with Gasteiger partial charge >= 0.3 is 0 Å². The predicted octanol–water partition coefficient (Wildman–Crippen LogP) is 4.93. The highest BCUT2D eigenvalue weighted by Crippen LogP contribution is 2.32. The molecule has 1 aromatic heterocycles. The zero-order valence-electron chi connectivity index (χ0n) is 14.7. The van der Waals surface area contributed by atoms with Crippen LogP contribution in [0.3, 0.4) is 0 Å². The monoisotopic (exact) mass is 288 g/mol. The van der Waals surface area contributed by atoms with Gasteiger partial charge in [-0.15, -0.1) is 0 Å². The quantitative estimate of drug-likeness (QED) is 0.783. The van der Waals surface area contributed by atoms with Crippen LogP contribution < -0.4 is 4.90 Å². The highest BCUT2D eigenvalue weighted by atomic mass is 15.2. The van der Waals surface area contributed by atoms with Gasteiger partial charge in [0.15, 0.2) is 0 Å². The molecule has 0 aliphatic carbocycles. The smallest absolute Gasteiger partial charge is 0.0553 e. The maximum absolute atomic E-state index is 4.67. The summed E-state index contributed by atoms with van der Waals surface area (Å²) < 4.78 is 0. The molecule has 0 aromatic carbocycles. The van der Waals surface area contributed by atoms with Crippen LogP contribution in [-0.4, -0.2) is 18.1 Å². The molecular weight excluding hydrogens is 256 g/mol. The first-order chi connectivity index (χ1) is 9.62. The van der Waals surface area contributed by atoms with E-state index in [-0.39, 0.29) is 0 Å². The number of hydrogen-bond donors (Lipinski definition) is 0. The van der Waals surface area contributed by atoms with Crippen LogP contribution in [0.2, 0.25) is 0 Å². The molecule has 21 heavy (non-hydrogen) atoms. The van der Waals surface area contributed by atoms with Gasteiger partial charge < -0.3 is 4.90 Å². The van der Waals surface area contributed by atoms with Gasteiger partial charge in [0.05, 0.1) is 11.9 Å². The lowest BCUT2D eigenvalue weighted by Gasteiger charge is -2.24. The lowest BCUT2D eigenvalue weighted by molar-refractivity contribution is 0.308. The van der Waals surface area contributed by atoms with Gasteiger partial charge in [-0.1, -0.05) is 41.5 Å². The molecular formula is C19H32N2. The Labute approximate surface area is 131 Å². The van der Waals surface area contributed by atoms with Gasteiger partial charge in [0, 0.05) is 18.8 Å². The molecule has 1 saturated heterocycles. The summed E-state index contributed by atoms with van der Waals surface area (Å²) in [6.07, 6.45) is 5.75. The van der Waals surface area contributed by atoms with Crippen molar-refractivity contribution >= 4 is 5.69 Å². The van der Waals surface area contributed by atoms with Crippen molar-refractivity contribution < 1.29 is 0 Å². The molecule has 0 spiro atoms. The summed E-state index contributed by atoms with van der Waals surface area (Å²) in [7, 11) is 0. The first-order valence-corrected chi connectivity index (χ1v) is 8.32. The average molecular weight is 288 g/mol. The van der Waals surface area contributed by atoms with Crippen molar-refractivity contribution in [1.82, 2.24) is 4.98 Å². The molecule has 2 heterocycles. The molecule has 0 saturated carbocycles. The van der Waals surface area contributed by atoms with E-state index in [0.29, 0.717) is 10.8 Å². The lowest BCUT2D eigenvalue weighted by atomic mass is 9.84. The molecule has 1 aliphatic heterocycles. The van der Waals surface area contributed by atoms with Gasteiger partial charge in [-0.3, -0.25) is 4.98 Å². The largest absolute Gasteiger partial charge is 0.370 e. The summed E-state index contributed by atoms with van der Waals surface area (Å²) in [5, 5.41) is 0. The third-order valence-electron chi connectivity index (χ3n) is 4.07. The van der Waals surface area contributed by atoms with E-state index < -0.39 is 0 Å². The van der Waals surface area contributed by atoms with E-state index in [9.17, 15) is 0 Å². The summed E-state index contributed by atoms with van der Waals surface area (Å²) >= 11 is 0. The van der Waals surface area contributed by atoms with Crippen LogP contribution in [-0.2, 0) is 6.42 Å². The fourth-order valence-electron chi connectivity index (χ4n) is 3.35. The molecule has 0 bridgehead atoms. The van der Waals surface area contributed by atoms with Crippen molar-refractivity contribution in [1.29, 1.82) is 0 Å². The number of pyridine rings is 1. The predicted molar refractivity (Wildman–Crippen MR) is 91.8 cm³/mol. The van der Waals surface area contributed by atoms with Gasteiger partial charge in [-0.2, -0.15) is 0 Å². The summed E-state index contributed by atoms with van der Waals surface area (Å²) in [5.41, 5.74) is 3.25. The third-order valence-corrected chi connectivity index (χ3v) is 4.07. The second-order valence-electron chi connectivity index (χ2n) is 9.11. The van der Waals surface area contributed by atoms with E-state index in [4.69, 9.17) is 0 Å². The SMILES string of the molecule is CC(C)(C)Cc1ccc(N2CCC(CC(C)(C)C)C2)cn1. The normalized spacial score (nSPS) is 20.1. The van der Waals surface area contributed by atoms with E-state index in [0.717, 1.165) is 12.3 Å². The van der Waals surface area contributed by atoms with Crippen molar-refractivity contribution in [2.75, 3.05) is 18.0 Å². The fourth-order valence-corrected chi connectivity index (χ4v) is 3.35. The molecule has 2 rings (SSSR count). The Morgan fingerprint density at radius 2 is 1.81 bits per heavy atom. The molecule has 1 aromatic rings. The first kappa shape index (κ1) is 16.3. The minimum atomic E-state index is 0.306. The molecule has 1 atom stereocenters. The van der Waals surface area contributed by atoms with Gasteiger partial charge in [-0.25, -0.2) is 0 Å². The Hall–Kier alpha value is -1.05. The Bertz CT molecular complexity index is 448. The van der Waals surface area contributed by atoms with E-state index >= 15 is 0 Å². The molecule has 1 aliphatic rings. The zero-order valence-corrected chi connectivity index (χ0v) is 14.7. The molecule has 2 nitrogen and oxygen atoms in total. The molecule has 118 valence electrons. The maximum atomic E-state index is 4.67. The summed E-state index contributed by atoms with van der Waals surface area (Å²) in [4.78, 5) is 7.17. The van der Waals surface area contributed by atoms with Crippen LogP contribution in [0.1, 0.15) is 60.1 Å². The van der Waals surface area contributed by atoms with Crippen molar-refractivity contribution in [3.63, 3.8) is 0 Å². The van der Waals surface area contributed by atoms with Gasteiger partial charge in [0.2, 0.25) is 0 Å². The molecule has 0 amide bonds. The highest BCUT2D eigenvalue weighted by Gasteiger charge is 2.26. The molecule has 0 N–H and O–H groups in total. The minimum Gasteiger partial charge on any atom is -0.370 e. The van der Waals surface area contributed by atoms with Crippen LogP contribution in [0, 0.1) is 16.7 Å². The van der Waals surface area contributed by atoms with E-state index in [2.05, 4.69) is 69.8 Å². The molecule has 1 unspecified atom stereocenters. The van der Waals surface area contributed by atoms with Crippen LogP contribution in [0.4, 0.5) is 5.69 Å². The standard InChI is InChI=1S/C19H32N2/c1-18(2,3)11-15-9-10-21(14-15)17-8-7-16(20-13-17)12-19(4,5)6/h7-8,13,15H,9-12,14H2,1-6H3. The molecule has 0 radical (unpaired) electrons. The Balaban J connectivity index is 1.94. The maximum Gasteiger partial charge on any atom is 0.0553 e. The number of hydrogen-bond acceptors (Lipinski definition) is 2. The highest BCUT2D eigenvalue weighted by molar-refractivity contribution is 5.45. The van der Waals surface area contributed by atoms with Crippen LogP contribution in [0.25, 0.3) is 0 Å². The van der Waals surface area contributed by atoms with Gasteiger partial charge in [0.1, 0.15) is 0 Å². The van der Waals surface area contributed by atoms with Crippen molar-refractivity contribution in [3.05, 3.63) is 24.0 Å². The number of aromatic nitrogens is 1. The van der Waals surface area contributed by atoms with Gasteiger partial charge in [-0.05, 0) is 48.1 Å². The van der Waals surface area contributed by atoms with E-state index in [1.165, 1.54) is 37.3 Å². The van der Waals surface area contributed by atoms with Crippen LogP contribution >= 0.6 is 0 Å². The fraction of sp³-hybridized carbons (Fsp3) is 0.737. The second-order valence-corrected chi connectivity index (χ2v) is 9.11. The van der Waals surface area contributed by atoms with Crippen LogP contribution in [0.15, 0.2) is 18.3 Å². The second kappa shape index (κ2) is 5.98. The minimum absolute atomic E-state index is 0.306. The van der Waals surface area contributed by atoms with Crippen molar-refractivity contribution in [2.24, 2.45) is 16.7 Å². The Morgan fingerprint density at radius 3 is 2.33 bits per heavy atom. The first-order valence-electron chi connectivity index (χ1n) is 8.32. The molecule has 2 heteroatoms. The summed E-state index contributed by atoms with van der Waals surface area (Å²) in [6, 6.07) is 4.46. The summed E-state index contributed by atoms with van der Waals surface area (Å²) in [5.74, 6) is 0.833. The van der Waals surface area contributed by atoms with Crippen molar-refractivity contribution in [2.45, 2.75) is 60.8 Å². The number of nitrogens with zero attached hydrogens (tertiary/aromatic N) is 2. The van der Waals surface area contributed by atoms with Gasteiger partial charge in [0.25, 0.3) is 0 Å². The Morgan fingerprint density at radius 1 is 1.10 bits per heavy atom. The summed E-state index contributed by atoms with van der Waals surface area (Å²) in [6.45, 7) is 16.2. The number of anilines is 1. The Kier molecular flexibility index (Phi) is 4.65. The van der Waals surface area contributed by atoms with Crippen molar-refractivity contribution in [3.8, 4) is 0 Å². The third kappa shape index (κ3) is 5.33. The van der Waals surface area contributed by atoms with Crippen LogP contribution in [0.5, 0.6) is 0 Å². The average Bonchev–Trinajstić information content (AvgIpc) is 2.74. The van der Waals surface area contributed by atoms with E-state index in [1.54, 1.807) is 0 Å². The topological polar surface area (TPSA) is 16.1 Å². The lowest BCUT2D eigenvalue weighted by Crippen LogP contribution is -2.21. The van der Waals surface area contributed by atoms with E-state index in [1.807, 2.05) is 0 Å². The zero-order chi connectivity index (χ0) is 15.7. The number of rotatable bonds is 3. The molecule has 1 fully saturated rings.